The van der Waals surface area contributed by atoms with E-state index in [0.29, 0.717) is 5.56 Å². The minimum atomic E-state index is -2.32. The fourth-order valence-corrected chi connectivity index (χ4v) is 4.29. The predicted molar refractivity (Wildman–Crippen MR) is 125 cm³/mol. The first-order valence-electron chi connectivity index (χ1n) is 11.1. The van der Waals surface area contributed by atoms with Crippen molar-refractivity contribution in [2.75, 3.05) is 6.61 Å². The summed E-state index contributed by atoms with van der Waals surface area (Å²) in [5.41, 5.74) is 1.08. The van der Waals surface area contributed by atoms with Gasteiger partial charge in [0.2, 0.25) is 0 Å². The Balaban J connectivity index is 2.54. The number of aliphatic hydroxyl groups excluding tert-OH is 4. The molecule has 0 saturated heterocycles. The average Bonchev–Trinajstić information content (AvgIpc) is 2.76. The van der Waals surface area contributed by atoms with E-state index >= 15 is 0 Å². The van der Waals surface area contributed by atoms with E-state index in [1.165, 1.54) is 0 Å². The summed E-state index contributed by atoms with van der Waals surface area (Å²) in [6, 6.07) is 11.4. The van der Waals surface area contributed by atoms with Crippen molar-refractivity contribution in [2.24, 2.45) is 0 Å². The van der Waals surface area contributed by atoms with Crippen molar-refractivity contribution < 1.29 is 30.6 Å². The van der Waals surface area contributed by atoms with Crippen molar-refractivity contribution in [3.63, 3.8) is 0 Å². The maximum absolute atomic E-state index is 11.7. The van der Waals surface area contributed by atoms with E-state index in [-0.39, 0.29) is 19.3 Å². The lowest BCUT2D eigenvalue weighted by Gasteiger charge is -2.46. The number of aliphatic hydroxyl groups is 6. The molecule has 0 saturated carbocycles. The summed E-state index contributed by atoms with van der Waals surface area (Å²) in [7, 11) is 0. The van der Waals surface area contributed by atoms with Crippen LogP contribution in [-0.2, 0) is 12.8 Å². The number of hydrogen-bond acceptors (Lipinski definition) is 6. The van der Waals surface area contributed by atoms with E-state index in [1.54, 1.807) is 6.92 Å². The molecule has 0 aliphatic carbocycles. The Hall–Kier alpha value is -1.80. The van der Waals surface area contributed by atoms with E-state index in [0.717, 1.165) is 27.8 Å². The first-order valence-corrected chi connectivity index (χ1v) is 11.1. The molecule has 0 aliphatic heterocycles. The van der Waals surface area contributed by atoms with Crippen LogP contribution in [0.4, 0.5) is 0 Å². The third kappa shape index (κ3) is 5.57. The van der Waals surface area contributed by atoms with E-state index in [2.05, 4.69) is 0 Å². The Morgan fingerprint density at radius 2 is 1.25 bits per heavy atom. The van der Waals surface area contributed by atoms with E-state index in [1.807, 2.05) is 64.1 Å². The minimum Gasteiger partial charge on any atom is -0.394 e. The first kappa shape index (κ1) is 26.5. The highest BCUT2D eigenvalue weighted by atomic mass is 16.4. The summed E-state index contributed by atoms with van der Waals surface area (Å²) in [6.45, 7) is 8.47. The second-order valence-electron chi connectivity index (χ2n) is 9.26. The van der Waals surface area contributed by atoms with Gasteiger partial charge in [0.1, 0.15) is 23.9 Å². The molecular weight excluding hydrogens is 408 g/mol. The maximum Gasteiger partial charge on any atom is 0.126 e. The van der Waals surface area contributed by atoms with Gasteiger partial charge in [-0.25, -0.2) is 0 Å². The van der Waals surface area contributed by atoms with Crippen molar-refractivity contribution in [3.05, 3.63) is 69.8 Å². The van der Waals surface area contributed by atoms with Gasteiger partial charge in [0.15, 0.2) is 0 Å². The second-order valence-corrected chi connectivity index (χ2v) is 9.26. The van der Waals surface area contributed by atoms with Gasteiger partial charge in [0.25, 0.3) is 0 Å². The summed E-state index contributed by atoms with van der Waals surface area (Å²) >= 11 is 0. The van der Waals surface area contributed by atoms with Crippen molar-refractivity contribution in [3.8, 4) is 0 Å². The molecule has 0 amide bonds. The molecule has 0 aliphatic rings. The fourth-order valence-electron chi connectivity index (χ4n) is 4.29. The largest absolute Gasteiger partial charge is 0.394 e. The zero-order valence-corrected chi connectivity index (χ0v) is 19.7. The molecule has 32 heavy (non-hydrogen) atoms. The molecule has 178 valence electrons. The Morgan fingerprint density at radius 1 is 0.781 bits per heavy atom. The Bertz CT molecular complexity index is 913. The van der Waals surface area contributed by atoms with Crippen LogP contribution in [0.5, 0.6) is 0 Å². The summed E-state index contributed by atoms with van der Waals surface area (Å²) in [5.74, 6) is 0. The molecule has 6 N–H and O–H groups in total. The molecule has 6 nitrogen and oxygen atoms in total. The topological polar surface area (TPSA) is 121 Å². The zero-order valence-electron chi connectivity index (χ0n) is 19.7. The van der Waals surface area contributed by atoms with Crippen LogP contribution in [0, 0.1) is 27.7 Å². The van der Waals surface area contributed by atoms with Crippen molar-refractivity contribution in [2.45, 2.75) is 83.4 Å². The van der Waals surface area contributed by atoms with E-state index in [9.17, 15) is 30.6 Å². The lowest BCUT2D eigenvalue weighted by atomic mass is 9.71. The van der Waals surface area contributed by atoms with Crippen molar-refractivity contribution >= 4 is 0 Å². The predicted octanol–water partition coefficient (Wildman–Crippen LogP) is 1.65. The number of rotatable bonds is 10. The van der Waals surface area contributed by atoms with Crippen LogP contribution in [0.25, 0.3) is 0 Å². The van der Waals surface area contributed by atoms with Gasteiger partial charge in [-0.1, -0.05) is 54.4 Å². The van der Waals surface area contributed by atoms with Crippen LogP contribution >= 0.6 is 0 Å². The van der Waals surface area contributed by atoms with Gasteiger partial charge >= 0.3 is 0 Å². The Labute approximate surface area is 190 Å². The smallest absolute Gasteiger partial charge is 0.126 e. The third-order valence-corrected chi connectivity index (χ3v) is 6.64. The summed E-state index contributed by atoms with van der Waals surface area (Å²) in [6.07, 6.45) is -5.46. The molecule has 5 atom stereocenters. The standard InChI is InChI=1S/C26H38O6/c1-6-25(31,13-20-11-16(2)7-9-18(20)4)24(30)26(32,23(29)22(28)15-27)14-21-12-17(3)8-10-19(21)5/h7-12,22-24,27-32H,6,13-15H2,1-5H3/t22-,23+,24+,25?,26+/m0/s1. The lowest BCUT2D eigenvalue weighted by Crippen LogP contribution is -2.66. The molecule has 2 rings (SSSR count). The van der Waals surface area contributed by atoms with Gasteiger partial charge in [-0.2, -0.15) is 0 Å². The molecule has 2 aromatic carbocycles. The summed E-state index contributed by atoms with van der Waals surface area (Å²) in [4.78, 5) is 0. The SMILES string of the molecule is CCC(O)(Cc1cc(C)ccc1C)[C@@H](O)[C@@](O)(Cc1cc(C)ccc1C)[C@H](O)[C@@H](O)CO. The molecular formula is C26H38O6. The minimum absolute atomic E-state index is 0.0508. The van der Waals surface area contributed by atoms with E-state index < -0.39 is 36.1 Å². The summed E-state index contributed by atoms with van der Waals surface area (Å²) < 4.78 is 0. The van der Waals surface area contributed by atoms with Crippen LogP contribution in [0.15, 0.2) is 36.4 Å². The molecule has 0 fully saturated rings. The Kier molecular flexibility index (Phi) is 8.62. The number of benzene rings is 2. The third-order valence-electron chi connectivity index (χ3n) is 6.64. The molecule has 2 aromatic rings. The average molecular weight is 447 g/mol. The molecule has 0 radical (unpaired) electrons. The van der Waals surface area contributed by atoms with Gasteiger partial charge in [-0.3, -0.25) is 0 Å². The fraction of sp³-hybridized carbons (Fsp3) is 0.538. The van der Waals surface area contributed by atoms with Crippen molar-refractivity contribution in [1.29, 1.82) is 0 Å². The van der Waals surface area contributed by atoms with Gasteiger partial charge < -0.3 is 30.6 Å². The van der Waals surface area contributed by atoms with Crippen LogP contribution in [-0.4, -0.2) is 66.8 Å². The molecule has 1 unspecified atom stereocenters. The number of aryl methyl sites for hydroxylation is 4. The molecule has 0 aromatic heterocycles. The highest BCUT2D eigenvalue weighted by Crippen LogP contribution is 2.35. The second kappa shape index (κ2) is 10.4. The molecule has 0 bridgehead atoms. The normalized spacial score (nSPS) is 18.5. The maximum atomic E-state index is 11.7. The van der Waals surface area contributed by atoms with Crippen molar-refractivity contribution in [1.82, 2.24) is 0 Å². The molecule has 0 spiro atoms. The zero-order chi connectivity index (χ0) is 24.3. The quantitative estimate of drug-likeness (QED) is 0.330. The Morgan fingerprint density at radius 3 is 1.69 bits per heavy atom. The number of hydrogen-bond donors (Lipinski definition) is 6. The van der Waals surface area contributed by atoms with Crippen LogP contribution in [0.1, 0.15) is 46.7 Å². The van der Waals surface area contributed by atoms with Crippen LogP contribution < -0.4 is 0 Å². The van der Waals surface area contributed by atoms with Crippen LogP contribution in [0.3, 0.4) is 0 Å². The highest BCUT2D eigenvalue weighted by molar-refractivity contribution is 5.34. The molecule has 6 heteroatoms. The van der Waals surface area contributed by atoms with Gasteiger partial charge in [0, 0.05) is 12.8 Å². The van der Waals surface area contributed by atoms with Crippen LogP contribution in [0.2, 0.25) is 0 Å². The molecule has 0 heterocycles. The lowest BCUT2D eigenvalue weighted by molar-refractivity contribution is -0.229. The van der Waals surface area contributed by atoms with E-state index in [4.69, 9.17) is 0 Å². The first-order chi connectivity index (χ1) is 14.9. The summed E-state index contributed by atoms with van der Waals surface area (Å²) in [5, 5.41) is 65.0. The van der Waals surface area contributed by atoms with Gasteiger partial charge in [0.05, 0.1) is 12.2 Å². The van der Waals surface area contributed by atoms with Gasteiger partial charge in [-0.05, 0) is 56.4 Å². The van der Waals surface area contributed by atoms with Gasteiger partial charge in [-0.15, -0.1) is 0 Å². The monoisotopic (exact) mass is 446 g/mol. The highest BCUT2D eigenvalue weighted by Gasteiger charge is 2.53.